The first kappa shape index (κ1) is 22.9. The molecule has 1 aromatic heterocycles. The number of aliphatic hydroxyl groups is 1. The maximum atomic E-state index is 12.0. The summed E-state index contributed by atoms with van der Waals surface area (Å²) in [6.07, 6.45) is -5.83. The number of aryl methyl sites for hydroxylation is 1. The number of methoxy groups -OCH3 is 1. The molecule has 4 atom stereocenters. The molecule has 5 N–H and O–H groups in total. The Morgan fingerprint density at radius 2 is 2.03 bits per heavy atom. The van der Waals surface area contributed by atoms with Crippen molar-refractivity contribution in [1.29, 1.82) is 0 Å². The second-order valence-electron chi connectivity index (χ2n) is 7.53. The lowest BCUT2D eigenvalue weighted by molar-refractivity contribution is -0.304. The monoisotopic (exact) mass is 458 g/mol. The van der Waals surface area contributed by atoms with Gasteiger partial charge in [0.25, 0.3) is 0 Å². The topological polar surface area (TPSA) is 163 Å². The zero-order valence-corrected chi connectivity index (χ0v) is 17.9. The number of halogens is 1. The van der Waals surface area contributed by atoms with E-state index >= 15 is 0 Å². The molecule has 31 heavy (non-hydrogen) atoms. The number of carbonyl (C=O) groups is 1. The number of nitrogens with one attached hydrogen (secondary N) is 1. The fourth-order valence-corrected chi connectivity index (χ4v) is 3.81. The third-order valence-electron chi connectivity index (χ3n) is 5.11. The number of hydrogen-bond acceptors (Lipinski definition) is 10. The van der Waals surface area contributed by atoms with Crippen LogP contribution < -0.4 is 20.9 Å². The van der Waals surface area contributed by atoms with Gasteiger partial charge in [-0.05, 0) is 32.9 Å². The molecule has 2 aromatic rings. The molecule has 0 unspecified atom stereocenters. The maximum absolute atomic E-state index is 12.0. The fraction of sp³-hybridized carbons (Fsp3) is 0.474. The van der Waals surface area contributed by atoms with Gasteiger partial charge in [-0.1, -0.05) is 0 Å². The van der Waals surface area contributed by atoms with Crippen LogP contribution in [0.15, 0.2) is 21.3 Å². The minimum absolute atomic E-state index is 0.0555. The summed E-state index contributed by atoms with van der Waals surface area (Å²) in [4.78, 5) is 25.4. The summed E-state index contributed by atoms with van der Waals surface area (Å²) in [6.45, 7) is 4.93. The average molecular weight is 459 g/mol. The Balaban J connectivity index is 2.00. The number of anilines is 1. The Labute approximate surface area is 181 Å². The lowest BCUT2D eigenvalue weighted by Gasteiger charge is -2.47. The van der Waals surface area contributed by atoms with Crippen LogP contribution in [-0.2, 0) is 14.2 Å². The molecule has 1 fully saturated rings. The second kappa shape index (κ2) is 8.42. The number of carbonyl (C=O) groups excluding carboxylic acids is 1. The first-order chi connectivity index (χ1) is 14.5. The van der Waals surface area contributed by atoms with Gasteiger partial charge in [-0.3, -0.25) is 4.84 Å². The van der Waals surface area contributed by atoms with Crippen molar-refractivity contribution in [3.8, 4) is 11.5 Å². The van der Waals surface area contributed by atoms with E-state index in [9.17, 15) is 19.8 Å². The van der Waals surface area contributed by atoms with E-state index in [0.717, 1.165) is 0 Å². The van der Waals surface area contributed by atoms with E-state index in [1.54, 1.807) is 20.8 Å². The van der Waals surface area contributed by atoms with Gasteiger partial charge in [-0.15, -0.1) is 0 Å². The van der Waals surface area contributed by atoms with Gasteiger partial charge in [0.1, 0.15) is 17.4 Å². The predicted octanol–water partition coefficient (Wildman–Crippen LogP) is 1.73. The number of nitrogens with two attached hydrogens (primary N) is 1. The molecule has 1 aromatic carbocycles. The summed E-state index contributed by atoms with van der Waals surface area (Å²) in [5.41, 5.74) is 3.33. The van der Waals surface area contributed by atoms with Gasteiger partial charge >= 0.3 is 11.7 Å². The number of benzene rings is 1. The van der Waals surface area contributed by atoms with Crippen molar-refractivity contribution in [2.24, 2.45) is 5.73 Å². The van der Waals surface area contributed by atoms with Gasteiger partial charge in [-0.25, -0.2) is 9.59 Å². The van der Waals surface area contributed by atoms with Crippen molar-refractivity contribution < 1.29 is 38.4 Å². The van der Waals surface area contributed by atoms with E-state index in [1.807, 2.05) is 0 Å². The first-order valence-electron chi connectivity index (χ1n) is 9.19. The van der Waals surface area contributed by atoms with E-state index in [-0.39, 0.29) is 28.2 Å². The first-order valence-corrected chi connectivity index (χ1v) is 9.57. The highest BCUT2D eigenvalue weighted by Gasteiger charge is 2.53. The highest BCUT2D eigenvalue weighted by atomic mass is 35.5. The normalized spacial score (nSPS) is 25.2. The highest BCUT2D eigenvalue weighted by molar-refractivity contribution is 6.24. The van der Waals surface area contributed by atoms with E-state index in [2.05, 4.69) is 4.84 Å². The molecule has 1 aliphatic heterocycles. The minimum atomic E-state index is -1.45. The molecule has 1 saturated heterocycles. The van der Waals surface area contributed by atoms with Gasteiger partial charge in [0.05, 0.1) is 11.0 Å². The van der Waals surface area contributed by atoms with E-state index < -0.39 is 41.9 Å². The third kappa shape index (κ3) is 4.09. The van der Waals surface area contributed by atoms with Crippen LogP contribution in [-0.4, -0.2) is 53.6 Å². The molecule has 0 spiro atoms. The lowest BCUT2D eigenvalue weighted by atomic mass is 9.89. The molecule has 0 bridgehead atoms. The molecule has 1 amide bonds. The quantitative estimate of drug-likeness (QED) is 0.383. The van der Waals surface area contributed by atoms with Crippen molar-refractivity contribution in [2.45, 2.75) is 51.0 Å². The van der Waals surface area contributed by atoms with Crippen LogP contribution in [0.5, 0.6) is 11.5 Å². The molecule has 1 aliphatic rings. The summed E-state index contributed by atoms with van der Waals surface area (Å²) in [5, 5.41) is 21.2. The number of fused-ring (bicyclic) bond motifs is 1. The number of hydrogen-bond donors (Lipinski definition) is 4. The van der Waals surface area contributed by atoms with Crippen LogP contribution in [0, 0.1) is 6.92 Å². The van der Waals surface area contributed by atoms with Gasteiger partial charge in [0.2, 0.25) is 6.29 Å². The molecule has 2 heterocycles. The molecule has 12 heteroatoms. The van der Waals surface area contributed by atoms with Gasteiger partial charge in [0, 0.05) is 24.4 Å². The zero-order valence-electron chi connectivity index (χ0n) is 17.2. The summed E-state index contributed by atoms with van der Waals surface area (Å²) in [6, 6.07) is 2.94. The van der Waals surface area contributed by atoms with E-state index in [1.165, 1.54) is 19.2 Å². The van der Waals surface area contributed by atoms with Crippen LogP contribution in [0.1, 0.15) is 19.4 Å². The Morgan fingerprint density at radius 1 is 1.35 bits per heavy atom. The molecular weight excluding hydrogens is 436 g/mol. The molecule has 0 radical (unpaired) electrons. The van der Waals surface area contributed by atoms with Gasteiger partial charge in [-0.2, -0.15) is 0 Å². The molecule has 0 aliphatic carbocycles. The second-order valence-corrected chi connectivity index (χ2v) is 7.72. The molecule has 11 nitrogen and oxygen atoms in total. The number of rotatable bonds is 5. The number of ether oxygens (including phenoxy) is 4. The average Bonchev–Trinajstić information content (AvgIpc) is 2.68. The summed E-state index contributed by atoms with van der Waals surface area (Å²) >= 11 is 5.46. The summed E-state index contributed by atoms with van der Waals surface area (Å²) in [5.74, 6) is -0.195. The highest BCUT2D eigenvalue weighted by Crippen LogP contribution is 2.38. The SMILES string of the molecule is CO[C@@H]1[C@@H](OC(N)=O)[C@@H](O)[C@H](Oc2ccc3c(O)c(NCl)c(=O)oc3c2C)OC1(C)C. The van der Waals surface area contributed by atoms with E-state index in [0.29, 0.717) is 5.56 Å². The molecule has 3 rings (SSSR count). The number of primary amides is 1. The van der Waals surface area contributed by atoms with E-state index in [4.69, 9.17) is 40.9 Å². The molecule has 170 valence electrons. The lowest BCUT2D eigenvalue weighted by Crippen LogP contribution is -2.65. The van der Waals surface area contributed by atoms with Crippen molar-refractivity contribution in [2.75, 3.05) is 11.9 Å². The Kier molecular flexibility index (Phi) is 6.23. The van der Waals surface area contributed by atoms with Crippen LogP contribution in [0.4, 0.5) is 10.5 Å². The van der Waals surface area contributed by atoms with Crippen LogP contribution in [0.25, 0.3) is 11.0 Å². The van der Waals surface area contributed by atoms with Crippen molar-refractivity contribution in [3.05, 3.63) is 28.1 Å². The Morgan fingerprint density at radius 3 is 2.61 bits per heavy atom. The number of aliphatic hydroxyl groups excluding tert-OH is 1. The van der Waals surface area contributed by atoms with Crippen LogP contribution in [0.2, 0.25) is 0 Å². The van der Waals surface area contributed by atoms with Crippen molar-refractivity contribution in [1.82, 2.24) is 0 Å². The fourth-order valence-electron chi connectivity index (χ4n) is 3.65. The summed E-state index contributed by atoms with van der Waals surface area (Å²) < 4.78 is 27.4. The van der Waals surface area contributed by atoms with Crippen LogP contribution >= 0.6 is 11.8 Å². The maximum Gasteiger partial charge on any atom is 0.404 e. The van der Waals surface area contributed by atoms with Crippen molar-refractivity contribution >= 4 is 34.5 Å². The number of aromatic hydroxyl groups is 1. The predicted molar refractivity (Wildman–Crippen MR) is 109 cm³/mol. The largest absolute Gasteiger partial charge is 0.505 e. The Hall–Kier alpha value is -2.73. The van der Waals surface area contributed by atoms with Gasteiger partial charge in [0.15, 0.2) is 23.6 Å². The Bertz CT molecular complexity index is 1050. The smallest absolute Gasteiger partial charge is 0.404 e. The third-order valence-corrected chi connectivity index (χ3v) is 5.30. The zero-order chi connectivity index (χ0) is 23.1. The molecular formula is C19H23ClN2O9. The van der Waals surface area contributed by atoms with Gasteiger partial charge < -0.3 is 39.3 Å². The van der Waals surface area contributed by atoms with Crippen LogP contribution in [0.3, 0.4) is 0 Å². The number of amides is 1. The standard InChI is InChI=1S/C19H23ClN2O9/c1-7-9(6-5-8-11(23)10(22-20)16(25)29-13(7)8)28-17-12(24)14(30-18(21)26)15(27-4)19(2,3)31-17/h5-6,12,14-15,17,22-24H,1-4H3,(H2,21,26)/t12-,14+,15-,17-/m1/s1. The molecule has 0 saturated carbocycles. The van der Waals surface area contributed by atoms with Crippen molar-refractivity contribution in [3.63, 3.8) is 0 Å². The summed E-state index contributed by atoms with van der Waals surface area (Å²) in [7, 11) is 1.38. The minimum Gasteiger partial charge on any atom is -0.505 e.